The molecule has 1 aromatic carbocycles. The predicted molar refractivity (Wildman–Crippen MR) is 83.7 cm³/mol. The van der Waals surface area contributed by atoms with Gasteiger partial charge in [-0.2, -0.15) is 0 Å². The summed E-state index contributed by atoms with van der Waals surface area (Å²) in [6.07, 6.45) is 5.44. The van der Waals surface area contributed by atoms with Gasteiger partial charge in [0.2, 0.25) is 0 Å². The Morgan fingerprint density at radius 3 is 2.82 bits per heavy atom. The number of carbonyl (C=O) groups excluding carboxylic acids is 1. The largest absolute Gasteiger partial charge is 0.346 e. The highest BCUT2D eigenvalue weighted by Gasteiger charge is 2.08. The Balaban J connectivity index is 1.74. The van der Waals surface area contributed by atoms with Crippen LogP contribution in [0, 0.1) is 0 Å². The third-order valence-corrected chi connectivity index (χ3v) is 3.69. The van der Waals surface area contributed by atoms with E-state index in [1.165, 1.54) is 11.8 Å². The maximum atomic E-state index is 11.5. The lowest BCUT2D eigenvalue weighted by Gasteiger charge is -2.06. The number of rotatable bonds is 5. The first-order chi connectivity index (χ1) is 10.8. The summed E-state index contributed by atoms with van der Waals surface area (Å²) in [5, 5.41) is 8.71. The zero-order valence-electron chi connectivity index (χ0n) is 12.1. The van der Waals surface area contributed by atoms with Gasteiger partial charge in [0.1, 0.15) is 0 Å². The van der Waals surface area contributed by atoms with Crippen LogP contribution in [0.25, 0.3) is 11.0 Å². The second-order valence-corrected chi connectivity index (χ2v) is 5.17. The molecule has 0 unspecified atom stereocenters. The second kappa shape index (κ2) is 6.41. The Hall–Kier alpha value is -2.66. The zero-order chi connectivity index (χ0) is 15.4. The van der Waals surface area contributed by atoms with E-state index in [0.29, 0.717) is 5.56 Å². The van der Waals surface area contributed by atoms with Gasteiger partial charge in [0, 0.05) is 18.9 Å². The Kier molecular flexibility index (Phi) is 4.16. The molecule has 0 atom stereocenters. The summed E-state index contributed by atoms with van der Waals surface area (Å²) in [6.45, 7) is 0.851. The Morgan fingerprint density at radius 2 is 2.05 bits per heavy atom. The molecule has 0 aliphatic carbocycles. The quantitative estimate of drug-likeness (QED) is 0.562. The van der Waals surface area contributed by atoms with Crippen molar-refractivity contribution in [1.29, 1.82) is 0 Å². The summed E-state index contributed by atoms with van der Waals surface area (Å²) >= 11 is 0. The molecule has 22 heavy (non-hydrogen) atoms. The molecular weight excluding hydrogens is 278 g/mol. The van der Waals surface area contributed by atoms with Crippen molar-refractivity contribution in [3.05, 3.63) is 66.0 Å². The van der Waals surface area contributed by atoms with Crippen LogP contribution in [-0.4, -0.2) is 20.7 Å². The number of pyridine rings is 1. The average molecular weight is 295 g/mol. The molecule has 1 amide bonds. The maximum absolute atomic E-state index is 11.5. The van der Waals surface area contributed by atoms with E-state index in [-0.39, 0.29) is 0 Å². The van der Waals surface area contributed by atoms with Crippen LogP contribution in [0.4, 0.5) is 0 Å². The fourth-order valence-corrected chi connectivity index (χ4v) is 2.54. The van der Waals surface area contributed by atoms with Crippen molar-refractivity contribution in [1.82, 2.24) is 15.0 Å². The molecule has 5 nitrogen and oxygen atoms in total. The average Bonchev–Trinajstić information content (AvgIpc) is 2.97. The number of nitrogens with one attached hydrogen (secondary N) is 1. The lowest BCUT2D eigenvalue weighted by atomic mass is 10.1. The third kappa shape index (κ3) is 2.99. The number of hydrogen-bond acceptors (Lipinski definition) is 3. The Labute approximate surface area is 128 Å². The topological polar surface area (TPSA) is 67.2 Å². The highest BCUT2D eigenvalue weighted by molar-refractivity contribution is 5.96. The van der Waals surface area contributed by atoms with E-state index in [4.69, 9.17) is 5.21 Å². The van der Waals surface area contributed by atoms with Crippen molar-refractivity contribution in [3.63, 3.8) is 0 Å². The van der Waals surface area contributed by atoms with Crippen LogP contribution in [0.2, 0.25) is 0 Å². The van der Waals surface area contributed by atoms with Gasteiger partial charge in [-0.1, -0.05) is 30.3 Å². The van der Waals surface area contributed by atoms with Crippen LogP contribution in [0.1, 0.15) is 22.3 Å². The van der Waals surface area contributed by atoms with E-state index in [0.717, 1.165) is 30.4 Å². The monoisotopic (exact) mass is 295 g/mol. The molecule has 0 saturated carbocycles. The van der Waals surface area contributed by atoms with Gasteiger partial charge in [0.15, 0.2) is 0 Å². The van der Waals surface area contributed by atoms with Gasteiger partial charge in [0.25, 0.3) is 5.91 Å². The van der Waals surface area contributed by atoms with Crippen LogP contribution in [0.5, 0.6) is 0 Å². The summed E-state index contributed by atoms with van der Waals surface area (Å²) in [4.78, 5) is 15.7. The first kappa shape index (κ1) is 14.3. The number of hydroxylamine groups is 1. The third-order valence-electron chi connectivity index (χ3n) is 3.69. The fraction of sp³-hybridized carbons (Fsp3) is 0.176. The normalized spacial score (nSPS) is 10.8. The van der Waals surface area contributed by atoms with Gasteiger partial charge in [-0.15, -0.1) is 0 Å². The molecular formula is C17H17N3O2. The van der Waals surface area contributed by atoms with Gasteiger partial charge < -0.3 is 4.57 Å². The van der Waals surface area contributed by atoms with Crippen LogP contribution >= 0.6 is 0 Å². The van der Waals surface area contributed by atoms with Gasteiger partial charge in [-0.3, -0.25) is 15.0 Å². The van der Waals surface area contributed by atoms with Gasteiger partial charge in [0.05, 0.1) is 16.6 Å². The second-order valence-electron chi connectivity index (χ2n) is 5.17. The predicted octanol–water partition coefficient (Wildman–Crippen LogP) is 2.79. The first-order valence-electron chi connectivity index (χ1n) is 7.21. The van der Waals surface area contributed by atoms with Crippen LogP contribution in [-0.2, 0) is 13.0 Å². The van der Waals surface area contributed by atoms with Crippen LogP contribution in [0.15, 0.2) is 54.9 Å². The molecule has 3 rings (SSSR count). The number of hydrogen-bond donors (Lipinski definition) is 2. The van der Waals surface area contributed by atoms with Crippen molar-refractivity contribution in [2.24, 2.45) is 0 Å². The van der Waals surface area contributed by atoms with Crippen LogP contribution < -0.4 is 5.48 Å². The number of benzene rings is 1. The van der Waals surface area contributed by atoms with E-state index >= 15 is 0 Å². The fourth-order valence-electron chi connectivity index (χ4n) is 2.54. The number of aromatic nitrogens is 2. The lowest BCUT2D eigenvalue weighted by Crippen LogP contribution is -2.18. The van der Waals surface area contributed by atoms with E-state index in [1.807, 2.05) is 30.5 Å². The number of amides is 1. The smallest absolute Gasteiger partial charge is 0.276 e. The summed E-state index contributed by atoms with van der Waals surface area (Å²) < 4.78 is 2.08. The minimum Gasteiger partial charge on any atom is -0.346 e. The van der Waals surface area contributed by atoms with E-state index in [2.05, 4.69) is 21.7 Å². The maximum Gasteiger partial charge on any atom is 0.276 e. The molecule has 2 N–H and O–H groups in total. The van der Waals surface area contributed by atoms with Gasteiger partial charge in [-0.05, 0) is 30.5 Å². The Bertz CT molecular complexity index is 781. The van der Waals surface area contributed by atoms with Crippen molar-refractivity contribution >= 4 is 16.9 Å². The lowest BCUT2D eigenvalue weighted by molar-refractivity contribution is 0.0706. The molecule has 0 bridgehead atoms. The highest BCUT2D eigenvalue weighted by atomic mass is 16.5. The molecule has 0 aliphatic heterocycles. The summed E-state index contributed by atoms with van der Waals surface area (Å²) in [7, 11) is 0. The van der Waals surface area contributed by atoms with Gasteiger partial charge in [-0.25, -0.2) is 5.48 Å². The van der Waals surface area contributed by atoms with Crippen LogP contribution in [0.3, 0.4) is 0 Å². The molecule has 2 aromatic heterocycles. The summed E-state index contributed by atoms with van der Waals surface area (Å²) in [6, 6.07) is 14.0. The Morgan fingerprint density at radius 1 is 1.23 bits per heavy atom. The molecule has 0 saturated heterocycles. The standard InChI is InChI=1S/C17H17N3O2/c21-17(19-22)14-11-16-15(18-12-14)8-10-20(16)9-4-7-13-5-2-1-3-6-13/h1-3,5-6,8,10-12,22H,4,7,9H2,(H,19,21). The van der Waals surface area contributed by atoms with Crippen molar-refractivity contribution < 1.29 is 10.0 Å². The van der Waals surface area contributed by atoms with Crippen molar-refractivity contribution in [2.75, 3.05) is 0 Å². The number of fused-ring (bicyclic) bond motifs is 1. The molecule has 112 valence electrons. The molecule has 2 heterocycles. The molecule has 0 radical (unpaired) electrons. The van der Waals surface area contributed by atoms with Gasteiger partial charge >= 0.3 is 0 Å². The summed E-state index contributed by atoms with van der Waals surface area (Å²) in [5.41, 5.74) is 5.04. The molecule has 3 aromatic rings. The number of carbonyl (C=O) groups is 1. The first-order valence-corrected chi connectivity index (χ1v) is 7.21. The highest BCUT2D eigenvalue weighted by Crippen LogP contribution is 2.16. The molecule has 0 spiro atoms. The molecule has 0 fully saturated rings. The zero-order valence-corrected chi connectivity index (χ0v) is 12.1. The number of nitrogens with zero attached hydrogens (tertiary/aromatic N) is 2. The summed E-state index contributed by atoms with van der Waals surface area (Å²) in [5.74, 6) is -0.550. The molecule has 0 aliphatic rings. The minimum absolute atomic E-state index is 0.345. The number of aryl methyl sites for hydroxylation is 2. The van der Waals surface area contributed by atoms with Crippen molar-refractivity contribution in [3.8, 4) is 0 Å². The van der Waals surface area contributed by atoms with E-state index in [9.17, 15) is 4.79 Å². The van der Waals surface area contributed by atoms with E-state index < -0.39 is 5.91 Å². The molecule has 5 heteroatoms. The van der Waals surface area contributed by atoms with E-state index in [1.54, 1.807) is 11.5 Å². The minimum atomic E-state index is -0.550. The SMILES string of the molecule is O=C(NO)c1cnc2ccn(CCCc3ccccc3)c2c1. The van der Waals surface area contributed by atoms with Crippen molar-refractivity contribution in [2.45, 2.75) is 19.4 Å².